The highest BCUT2D eigenvalue weighted by atomic mass is 19.4. The Labute approximate surface area is 148 Å². The maximum absolute atomic E-state index is 12.6. The number of urea groups is 1. The lowest BCUT2D eigenvalue weighted by molar-refractivity contribution is -0.137. The van der Waals surface area contributed by atoms with Crippen LogP contribution < -0.4 is 10.1 Å². The first kappa shape index (κ1) is 18.0. The van der Waals surface area contributed by atoms with Gasteiger partial charge in [0.1, 0.15) is 11.9 Å². The summed E-state index contributed by atoms with van der Waals surface area (Å²) in [5.41, 5.74) is -0.416. The normalized spacial score (nSPS) is 15.6. The van der Waals surface area contributed by atoms with Crippen LogP contribution in [0, 0.1) is 0 Å². The van der Waals surface area contributed by atoms with Crippen molar-refractivity contribution in [3.63, 3.8) is 0 Å². The molecule has 0 bridgehead atoms. The van der Waals surface area contributed by atoms with Crippen LogP contribution in [0.4, 0.5) is 23.7 Å². The standard InChI is InChI=1S/C18H18F3N3O2/c19-18(20,21)13-3-5-14(6-4-13)23-17(25)24-10-7-15(8-11-24)26-16-2-1-9-22-12-16/h1-6,9,12,15H,7-8,10-11H2,(H,23,25). The lowest BCUT2D eigenvalue weighted by atomic mass is 10.1. The highest BCUT2D eigenvalue weighted by Crippen LogP contribution is 2.30. The summed E-state index contributed by atoms with van der Waals surface area (Å²) in [4.78, 5) is 17.9. The molecule has 1 aliphatic heterocycles. The second-order valence-electron chi connectivity index (χ2n) is 6.00. The summed E-state index contributed by atoms with van der Waals surface area (Å²) >= 11 is 0. The van der Waals surface area contributed by atoms with Crippen LogP contribution >= 0.6 is 0 Å². The zero-order valence-corrected chi connectivity index (χ0v) is 13.9. The second-order valence-corrected chi connectivity index (χ2v) is 6.00. The van der Waals surface area contributed by atoms with E-state index in [-0.39, 0.29) is 12.1 Å². The number of carbonyl (C=O) groups excluding carboxylic acids is 1. The smallest absolute Gasteiger partial charge is 0.416 e. The second kappa shape index (κ2) is 7.63. The first-order chi connectivity index (χ1) is 12.4. The molecule has 1 fully saturated rings. The molecule has 2 aromatic rings. The molecule has 0 radical (unpaired) electrons. The Bertz CT molecular complexity index is 728. The number of benzene rings is 1. The molecule has 2 heterocycles. The molecule has 26 heavy (non-hydrogen) atoms. The van der Waals surface area contributed by atoms with E-state index >= 15 is 0 Å². The van der Waals surface area contributed by atoms with E-state index in [4.69, 9.17) is 4.74 Å². The zero-order valence-electron chi connectivity index (χ0n) is 13.9. The molecule has 0 unspecified atom stereocenters. The molecule has 1 saturated heterocycles. The van der Waals surface area contributed by atoms with Gasteiger partial charge in [-0.15, -0.1) is 0 Å². The van der Waals surface area contributed by atoms with Gasteiger partial charge in [0.05, 0.1) is 11.8 Å². The molecule has 0 aliphatic carbocycles. The SMILES string of the molecule is O=C(Nc1ccc(C(F)(F)F)cc1)N1CCC(Oc2cccnc2)CC1. The van der Waals surface area contributed by atoms with Crippen molar-refractivity contribution in [2.45, 2.75) is 25.1 Å². The number of likely N-dealkylation sites (tertiary alicyclic amines) is 1. The molecule has 1 aromatic heterocycles. The van der Waals surface area contributed by atoms with Gasteiger partial charge in [-0.25, -0.2) is 4.79 Å². The van der Waals surface area contributed by atoms with Crippen molar-refractivity contribution in [3.05, 3.63) is 54.4 Å². The van der Waals surface area contributed by atoms with Gasteiger partial charge in [-0.05, 0) is 36.4 Å². The van der Waals surface area contributed by atoms with Gasteiger partial charge < -0.3 is 15.0 Å². The lowest BCUT2D eigenvalue weighted by Crippen LogP contribution is -2.43. The summed E-state index contributed by atoms with van der Waals surface area (Å²) in [5, 5.41) is 2.62. The van der Waals surface area contributed by atoms with Gasteiger partial charge in [-0.3, -0.25) is 4.98 Å². The summed E-state index contributed by atoms with van der Waals surface area (Å²) in [6.07, 6.45) is 0.281. The molecule has 8 heteroatoms. The minimum absolute atomic E-state index is 0.00863. The molecule has 138 valence electrons. The summed E-state index contributed by atoms with van der Waals surface area (Å²) < 4.78 is 43.5. The number of alkyl halides is 3. The van der Waals surface area contributed by atoms with Crippen molar-refractivity contribution in [1.82, 2.24) is 9.88 Å². The number of hydrogen-bond acceptors (Lipinski definition) is 3. The minimum Gasteiger partial charge on any atom is -0.489 e. The van der Waals surface area contributed by atoms with Gasteiger partial charge in [0.15, 0.2) is 0 Å². The third-order valence-corrected chi connectivity index (χ3v) is 4.13. The minimum atomic E-state index is -4.39. The van der Waals surface area contributed by atoms with Crippen LogP contribution in [-0.2, 0) is 6.18 Å². The Hall–Kier alpha value is -2.77. The number of aromatic nitrogens is 1. The molecule has 1 N–H and O–H groups in total. The van der Waals surface area contributed by atoms with Crippen molar-refractivity contribution in [2.24, 2.45) is 0 Å². The van der Waals surface area contributed by atoms with E-state index < -0.39 is 11.7 Å². The average molecular weight is 365 g/mol. The zero-order chi connectivity index (χ0) is 18.6. The number of nitrogens with zero attached hydrogens (tertiary/aromatic N) is 2. The van der Waals surface area contributed by atoms with E-state index in [2.05, 4.69) is 10.3 Å². The van der Waals surface area contributed by atoms with Crippen LogP contribution in [-0.4, -0.2) is 35.1 Å². The number of anilines is 1. The summed E-state index contributed by atoms with van der Waals surface area (Å²) in [6.45, 7) is 1.02. The number of piperidine rings is 1. The van der Waals surface area contributed by atoms with Gasteiger partial charge in [-0.2, -0.15) is 13.2 Å². The Morgan fingerprint density at radius 1 is 1.15 bits per heavy atom. The molecule has 0 atom stereocenters. The maximum Gasteiger partial charge on any atom is 0.416 e. The van der Waals surface area contributed by atoms with Gasteiger partial charge in [-0.1, -0.05) is 0 Å². The molecular weight excluding hydrogens is 347 g/mol. The van der Waals surface area contributed by atoms with Gasteiger partial charge in [0.25, 0.3) is 0 Å². The van der Waals surface area contributed by atoms with E-state index in [1.807, 2.05) is 6.07 Å². The third kappa shape index (κ3) is 4.65. The number of carbonyl (C=O) groups is 1. The number of ether oxygens (including phenoxy) is 1. The molecule has 0 saturated carbocycles. The van der Waals surface area contributed by atoms with Crippen LogP contribution in [0.2, 0.25) is 0 Å². The first-order valence-electron chi connectivity index (χ1n) is 8.22. The fraction of sp³-hybridized carbons (Fsp3) is 0.333. The largest absolute Gasteiger partial charge is 0.489 e. The monoisotopic (exact) mass is 365 g/mol. The average Bonchev–Trinajstić information content (AvgIpc) is 2.63. The van der Waals surface area contributed by atoms with Gasteiger partial charge in [0.2, 0.25) is 0 Å². The number of amides is 2. The number of nitrogens with one attached hydrogen (secondary N) is 1. The Balaban J connectivity index is 1.49. The molecule has 0 spiro atoms. The Kier molecular flexibility index (Phi) is 5.29. The fourth-order valence-electron chi connectivity index (χ4n) is 2.73. The Morgan fingerprint density at radius 2 is 1.85 bits per heavy atom. The topological polar surface area (TPSA) is 54.5 Å². The molecule has 1 aromatic carbocycles. The number of pyridine rings is 1. The van der Waals surface area contributed by atoms with Crippen LogP contribution in [0.3, 0.4) is 0 Å². The van der Waals surface area contributed by atoms with Crippen LogP contribution in [0.5, 0.6) is 5.75 Å². The molecule has 2 amide bonds. The van der Waals surface area contributed by atoms with Crippen LogP contribution in [0.25, 0.3) is 0 Å². The number of hydrogen-bond donors (Lipinski definition) is 1. The summed E-state index contributed by atoms with van der Waals surface area (Å²) in [5.74, 6) is 0.695. The lowest BCUT2D eigenvalue weighted by Gasteiger charge is -2.32. The van der Waals surface area contributed by atoms with Crippen LogP contribution in [0.1, 0.15) is 18.4 Å². The van der Waals surface area contributed by atoms with Crippen molar-refractivity contribution in [3.8, 4) is 5.75 Å². The maximum atomic E-state index is 12.6. The predicted molar refractivity (Wildman–Crippen MR) is 89.9 cm³/mol. The van der Waals surface area contributed by atoms with E-state index in [0.29, 0.717) is 37.4 Å². The Morgan fingerprint density at radius 3 is 2.42 bits per heavy atom. The van der Waals surface area contributed by atoms with Crippen molar-refractivity contribution in [1.29, 1.82) is 0 Å². The third-order valence-electron chi connectivity index (χ3n) is 4.13. The highest BCUT2D eigenvalue weighted by molar-refractivity contribution is 5.89. The predicted octanol–water partition coefficient (Wildman–Crippen LogP) is 4.18. The molecule has 1 aliphatic rings. The van der Waals surface area contributed by atoms with Crippen molar-refractivity contribution in [2.75, 3.05) is 18.4 Å². The molecule has 5 nitrogen and oxygen atoms in total. The quantitative estimate of drug-likeness (QED) is 0.888. The van der Waals surface area contributed by atoms with E-state index in [1.165, 1.54) is 12.1 Å². The van der Waals surface area contributed by atoms with Crippen molar-refractivity contribution < 1.29 is 22.7 Å². The summed E-state index contributed by atoms with van der Waals surface area (Å²) in [7, 11) is 0. The highest BCUT2D eigenvalue weighted by Gasteiger charge is 2.30. The van der Waals surface area contributed by atoms with E-state index in [0.717, 1.165) is 12.1 Å². The summed E-state index contributed by atoms with van der Waals surface area (Å²) in [6, 6.07) is 7.69. The number of halogens is 3. The van der Waals surface area contributed by atoms with Gasteiger partial charge in [0, 0.05) is 37.8 Å². The van der Waals surface area contributed by atoms with Crippen LogP contribution in [0.15, 0.2) is 48.8 Å². The first-order valence-corrected chi connectivity index (χ1v) is 8.22. The number of rotatable bonds is 3. The fourth-order valence-corrected chi connectivity index (χ4v) is 2.73. The molecule has 3 rings (SSSR count). The van der Waals surface area contributed by atoms with Crippen molar-refractivity contribution >= 4 is 11.7 Å². The molecular formula is C18H18F3N3O2. The van der Waals surface area contributed by atoms with Gasteiger partial charge >= 0.3 is 12.2 Å². The van der Waals surface area contributed by atoms with E-state index in [9.17, 15) is 18.0 Å². The van der Waals surface area contributed by atoms with E-state index in [1.54, 1.807) is 23.4 Å².